The van der Waals surface area contributed by atoms with Gasteiger partial charge in [-0.3, -0.25) is 9.36 Å². The lowest BCUT2D eigenvalue weighted by Gasteiger charge is -2.29. The number of carbonyl (C=O) groups excluding carboxylic acids is 1. The molecule has 3 heterocycles. The molecule has 3 aromatic rings. The first-order valence-corrected chi connectivity index (χ1v) is 12.7. The van der Waals surface area contributed by atoms with Crippen molar-refractivity contribution in [1.29, 1.82) is 5.26 Å². The third-order valence-electron chi connectivity index (χ3n) is 6.43. The molecule has 13 heteroatoms. The first-order chi connectivity index (χ1) is 17.8. The van der Waals surface area contributed by atoms with Gasteiger partial charge in [0, 0.05) is 18.6 Å². The standard InChI is InChI=1S/C19H18Cl2N8O.C5H9FO/c20-12-5-9(7-22)6-13(21)15(12)27-19-26-14-8-25-18(24)28-17(14)29(19)11-3-1-10(2-4-11)16(23)30;6-5-2-1-3-7-4-5/h5-6,8,10-11H,1-4H2,(H2,23,30)(H,26,27)(H2,24,25,28);5H,1-4H2. The summed E-state index contributed by atoms with van der Waals surface area (Å²) in [6.07, 6.45) is 5.26. The number of halogens is 3. The average Bonchev–Trinajstić information content (AvgIpc) is 3.24. The number of nitrogens with zero attached hydrogens (tertiary/aromatic N) is 5. The molecule has 1 aromatic carbocycles. The number of fused-ring (bicyclic) bond motifs is 1. The van der Waals surface area contributed by atoms with Crippen LogP contribution in [0.2, 0.25) is 10.0 Å². The molecular formula is C24H27Cl2FN8O2. The van der Waals surface area contributed by atoms with Gasteiger partial charge in [-0.25, -0.2) is 14.4 Å². The Labute approximate surface area is 223 Å². The number of aromatic nitrogens is 4. The zero-order valence-electron chi connectivity index (χ0n) is 20.0. The number of alkyl halides is 1. The number of hydrogen-bond acceptors (Lipinski definition) is 8. The second-order valence-corrected chi connectivity index (χ2v) is 9.83. The Balaban J connectivity index is 0.000000396. The SMILES string of the molecule is FC1CCCOC1.N#Cc1cc(Cl)c(Nc2nc3cnc(N)nc3n2C2CCC(C(N)=O)CC2)c(Cl)c1. The van der Waals surface area contributed by atoms with Gasteiger partial charge in [0.2, 0.25) is 17.8 Å². The van der Waals surface area contributed by atoms with Gasteiger partial charge in [0.1, 0.15) is 11.7 Å². The van der Waals surface area contributed by atoms with E-state index < -0.39 is 6.17 Å². The number of ether oxygens (including phenoxy) is 1. The third-order valence-corrected chi connectivity index (χ3v) is 7.02. The van der Waals surface area contributed by atoms with Crippen LogP contribution in [0.25, 0.3) is 11.2 Å². The van der Waals surface area contributed by atoms with Gasteiger partial charge in [0.05, 0.1) is 40.2 Å². The van der Waals surface area contributed by atoms with E-state index in [1.807, 2.05) is 10.6 Å². The van der Waals surface area contributed by atoms with Crippen LogP contribution in [0.15, 0.2) is 18.3 Å². The van der Waals surface area contributed by atoms with Gasteiger partial charge in [-0.05, 0) is 50.7 Å². The van der Waals surface area contributed by atoms with Crippen LogP contribution >= 0.6 is 23.2 Å². The van der Waals surface area contributed by atoms with Crippen LogP contribution in [0.3, 0.4) is 0 Å². The van der Waals surface area contributed by atoms with E-state index in [2.05, 4.69) is 20.3 Å². The van der Waals surface area contributed by atoms with Gasteiger partial charge in [-0.15, -0.1) is 0 Å². The molecule has 196 valence electrons. The Morgan fingerprint density at radius 2 is 1.89 bits per heavy atom. The molecule has 5 rings (SSSR count). The van der Waals surface area contributed by atoms with Crippen molar-refractivity contribution in [2.75, 3.05) is 24.3 Å². The maximum absolute atomic E-state index is 12.1. The molecule has 2 aromatic heterocycles. The summed E-state index contributed by atoms with van der Waals surface area (Å²) in [4.78, 5) is 24.5. The van der Waals surface area contributed by atoms with Gasteiger partial charge in [-0.1, -0.05) is 23.2 Å². The number of nitrogens with one attached hydrogen (secondary N) is 1. The molecule has 2 fully saturated rings. The van der Waals surface area contributed by atoms with Gasteiger partial charge in [-0.2, -0.15) is 10.2 Å². The van der Waals surface area contributed by atoms with E-state index in [0.717, 1.165) is 25.9 Å². The highest BCUT2D eigenvalue weighted by molar-refractivity contribution is 6.39. The molecule has 1 aliphatic carbocycles. The minimum Gasteiger partial charge on any atom is -0.378 e. The number of nitrogens with two attached hydrogens (primary N) is 2. The lowest BCUT2D eigenvalue weighted by molar-refractivity contribution is -0.122. The van der Waals surface area contributed by atoms with E-state index in [4.69, 9.17) is 44.7 Å². The molecule has 1 aliphatic heterocycles. The van der Waals surface area contributed by atoms with E-state index in [0.29, 0.717) is 64.3 Å². The summed E-state index contributed by atoms with van der Waals surface area (Å²) in [5.41, 5.74) is 13.2. The van der Waals surface area contributed by atoms with Crippen LogP contribution in [0.4, 0.5) is 22.0 Å². The van der Waals surface area contributed by atoms with E-state index in [9.17, 15) is 9.18 Å². The van der Waals surface area contributed by atoms with Crippen LogP contribution in [0.5, 0.6) is 0 Å². The predicted molar refractivity (Wildman–Crippen MR) is 139 cm³/mol. The highest BCUT2D eigenvalue weighted by atomic mass is 35.5. The van der Waals surface area contributed by atoms with Crippen molar-refractivity contribution in [1.82, 2.24) is 19.5 Å². The summed E-state index contributed by atoms with van der Waals surface area (Å²) in [7, 11) is 0. The summed E-state index contributed by atoms with van der Waals surface area (Å²) in [6.45, 7) is 1.07. The van der Waals surface area contributed by atoms with E-state index in [1.54, 1.807) is 6.20 Å². The third kappa shape index (κ3) is 6.39. The summed E-state index contributed by atoms with van der Waals surface area (Å²) < 4.78 is 18.8. The Bertz CT molecular complexity index is 1290. The van der Waals surface area contributed by atoms with Crippen LogP contribution in [0.1, 0.15) is 50.1 Å². The second-order valence-electron chi connectivity index (χ2n) is 9.02. The number of anilines is 3. The topological polar surface area (TPSA) is 158 Å². The van der Waals surface area contributed by atoms with Crippen LogP contribution < -0.4 is 16.8 Å². The Hall–Kier alpha value is -3.20. The molecule has 1 amide bonds. The molecule has 37 heavy (non-hydrogen) atoms. The van der Waals surface area contributed by atoms with E-state index in [1.165, 1.54) is 12.1 Å². The summed E-state index contributed by atoms with van der Waals surface area (Å²) in [6, 6.07) is 5.10. The van der Waals surface area contributed by atoms with Gasteiger partial charge < -0.3 is 21.5 Å². The number of amides is 1. The molecular weight excluding hydrogens is 522 g/mol. The van der Waals surface area contributed by atoms with Crippen molar-refractivity contribution in [2.24, 2.45) is 11.7 Å². The maximum Gasteiger partial charge on any atom is 0.222 e. The molecule has 1 saturated heterocycles. The number of primary amides is 1. The number of benzene rings is 1. The summed E-state index contributed by atoms with van der Waals surface area (Å²) >= 11 is 12.7. The van der Waals surface area contributed by atoms with Crippen LogP contribution in [-0.2, 0) is 9.53 Å². The highest BCUT2D eigenvalue weighted by Crippen LogP contribution is 2.39. The largest absolute Gasteiger partial charge is 0.378 e. The monoisotopic (exact) mass is 548 g/mol. The lowest BCUT2D eigenvalue weighted by atomic mass is 9.85. The fourth-order valence-electron chi connectivity index (χ4n) is 4.53. The molecule has 0 radical (unpaired) electrons. The van der Waals surface area contributed by atoms with E-state index >= 15 is 0 Å². The van der Waals surface area contributed by atoms with Gasteiger partial charge in [0.25, 0.3) is 0 Å². The Morgan fingerprint density at radius 1 is 1.19 bits per heavy atom. The predicted octanol–water partition coefficient (Wildman–Crippen LogP) is 4.68. The minimum absolute atomic E-state index is 0.0262. The quantitative estimate of drug-likeness (QED) is 0.423. The number of imidazole rings is 1. The van der Waals surface area contributed by atoms with Gasteiger partial charge in [0.15, 0.2) is 5.65 Å². The molecule has 5 N–H and O–H groups in total. The van der Waals surface area contributed by atoms with Crippen molar-refractivity contribution in [3.8, 4) is 6.07 Å². The number of carbonyl (C=O) groups is 1. The maximum atomic E-state index is 12.1. The minimum atomic E-state index is -0.686. The molecule has 1 atom stereocenters. The summed E-state index contributed by atoms with van der Waals surface area (Å²) in [5, 5.41) is 12.9. The Kier molecular flexibility index (Phi) is 8.63. The fourth-order valence-corrected chi connectivity index (χ4v) is 5.11. The molecule has 1 unspecified atom stereocenters. The number of nitriles is 1. The Morgan fingerprint density at radius 3 is 2.43 bits per heavy atom. The lowest BCUT2D eigenvalue weighted by Crippen LogP contribution is -2.28. The molecule has 0 spiro atoms. The zero-order valence-corrected chi connectivity index (χ0v) is 21.5. The molecule has 2 aliphatic rings. The molecule has 10 nitrogen and oxygen atoms in total. The van der Waals surface area contributed by atoms with Crippen molar-refractivity contribution in [3.63, 3.8) is 0 Å². The van der Waals surface area contributed by atoms with Crippen molar-refractivity contribution < 1.29 is 13.9 Å². The first-order valence-electron chi connectivity index (χ1n) is 11.9. The molecule has 0 bridgehead atoms. The van der Waals surface area contributed by atoms with Crippen LogP contribution in [-0.4, -0.2) is 44.8 Å². The summed E-state index contributed by atoms with van der Waals surface area (Å²) in [5.74, 6) is 0.205. The fraction of sp³-hybridized carbons (Fsp3) is 0.458. The second kappa shape index (κ2) is 11.9. The van der Waals surface area contributed by atoms with Crippen molar-refractivity contribution >= 4 is 57.9 Å². The number of hydrogen-bond donors (Lipinski definition) is 3. The first kappa shape index (κ1) is 26.9. The highest BCUT2D eigenvalue weighted by Gasteiger charge is 2.29. The van der Waals surface area contributed by atoms with Crippen molar-refractivity contribution in [2.45, 2.75) is 50.7 Å². The average molecular weight is 549 g/mol. The van der Waals surface area contributed by atoms with Crippen LogP contribution in [0, 0.1) is 17.2 Å². The zero-order chi connectivity index (χ0) is 26.5. The number of rotatable bonds is 4. The smallest absolute Gasteiger partial charge is 0.222 e. The van der Waals surface area contributed by atoms with E-state index in [-0.39, 0.29) is 23.8 Å². The van der Waals surface area contributed by atoms with Gasteiger partial charge >= 0.3 is 0 Å². The number of nitrogen functional groups attached to an aromatic ring is 1. The van der Waals surface area contributed by atoms with Crippen molar-refractivity contribution in [3.05, 3.63) is 33.9 Å². The molecule has 1 saturated carbocycles. The normalized spacial score (nSPS) is 21.5.